The number of hydrogen-bond donors (Lipinski definition) is 1. The molecule has 2 aromatic rings. The summed E-state index contributed by atoms with van der Waals surface area (Å²) in [5, 5.41) is 11.8. The molecule has 2 aromatic carbocycles. The Labute approximate surface area is 129 Å². The number of nitrogens with zero attached hydrogens (tertiary/aromatic N) is 1. The number of carbonyl (C=O) groups is 1. The van der Waals surface area contributed by atoms with Crippen LogP contribution in [0.1, 0.15) is 34.7 Å². The van der Waals surface area contributed by atoms with Crippen molar-refractivity contribution in [2.24, 2.45) is 0 Å². The molecule has 22 heavy (non-hydrogen) atoms. The molecule has 0 heterocycles. The first-order valence-electron chi connectivity index (χ1n) is 7.33. The Morgan fingerprint density at radius 1 is 1.18 bits per heavy atom. The third kappa shape index (κ3) is 3.07. The van der Waals surface area contributed by atoms with Gasteiger partial charge in [-0.05, 0) is 47.7 Å². The zero-order chi connectivity index (χ0) is 15.4. The maximum absolute atomic E-state index is 12.1. The molecule has 0 radical (unpaired) electrons. The van der Waals surface area contributed by atoms with E-state index in [-0.39, 0.29) is 11.9 Å². The van der Waals surface area contributed by atoms with E-state index in [2.05, 4.69) is 23.5 Å². The number of nitrogens with one attached hydrogen (secondary N) is 1. The molecule has 1 aliphatic carbocycles. The zero-order valence-electron chi connectivity index (χ0n) is 12.1. The summed E-state index contributed by atoms with van der Waals surface area (Å²) < 4.78 is 0. The number of rotatable bonds is 3. The third-order valence-electron chi connectivity index (χ3n) is 3.92. The fourth-order valence-corrected chi connectivity index (χ4v) is 2.77. The van der Waals surface area contributed by atoms with Crippen molar-refractivity contribution in [3.05, 3.63) is 76.9 Å². The first kappa shape index (κ1) is 14.1. The van der Waals surface area contributed by atoms with Gasteiger partial charge in [-0.15, -0.1) is 0 Å². The van der Waals surface area contributed by atoms with Crippen molar-refractivity contribution >= 4 is 12.0 Å². The maximum atomic E-state index is 12.1. The van der Waals surface area contributed by atoms with Crippen LogP contribution in [0.4, 0.5) is 0 Å². The Hall–Kier alpha value is -2.86. The fraction of sp³-hybridized carbons (Fsp3) is 0.158. The highest BCUT2D eigenvalue weighted by molar-refractivity contribution is 5.92. The number of hydrogen-bond acceptors (Lipinski definition) is 2. The van der Waals surface area contributed by atoms with Crippen molar-refractivity contribution in [1.29, 1.82) is 5.26 Å². The van der Waals surface area contributed by atoms with Gasteiger partial charge < -0.3 is 5.32 Å². The first-order chi connectivity index (χ1) is 10.8. The van der Waals surface area contributed by atoms with Gasteiger partial charge in [0.15, 0.2) is 0 Å². The van der Waals surface area contributed by atoms with Gasteiger partial charge in [-0.25, -0.2) is 0 Å². The normalized spacial score (nSPS) is 16.2. The van der Waals surface area contributed by atoms with Gasteiger partial charge in [-0.2, -0.15) is 5.26 Å². The van der Waals surface area contributed by atoms with Crippen LogP contribution in [0, 0.1) is 11.3 Å². The van der Waals surface area contributed by atoms with Gasteiger partial charge in [0.25, 0.3) is 0 Å². The van der Waals surface area contributed by atoms with Crippen molar-refractivity contribution in [3.8, 4) is 6.07 Å². The standard InChI is InChI=1S/C19H16N2O/c20-13-15-7-5-14(6-8-15)9-12-19(22)21-18-11-10-16-3-1-2-4-17(16)18/h1-9,12,18H,10-11H2,(H,21,22)/b12-9+. The van der Waals surface area contributed by atoms with Crippen LogP contribution in [0.5, 0.6) is 0 Å². The number of amides is 1. The molecule has 1 atom stereocenters. The molecule has 0 saturated heterocycles. The molecule has 0 saturated carbocycles. The van der Waals surface area contributed by atoms with Crippen molar-refractivity contribution in [1.82, 2.24) is 5.32 Å². The molecule has 3 heteroatoms. The lowest BCUT2D eigenvalue weighted by Crippen LogP contribution is -2.25. The van der Waals surface area contributed by atoms with Crippen LogP contribution in [0.25, 0.3) is 6.08 Å². The SMILES string of the molecule is N#Cc1ccc(/C=C/C(=O)NC2CCc3ccccc32)cc1. The van der Waals surface area contributed by atoms with Crippen LogP contribution in [0.15, 0.2) is 54.6 Å². The average Bonchev–Trinajstić information content (AvgIpc) is 2.97. The molecule has 1 aliphatic rings. The van der Waals surface area contributed by atoms with Crippen LogP contribution in [-0.4, -0.2) is 5.91 Å². The lowest BCUT2D eigenvalue weighted by Gasteiger charge is -2.12. The molecule has 3 rings (SSSR count). The Morgan fingerprint density at radius 2 is 1.95 bits per heavy atom. The smallest absolute Gasteiger partial charge is 0.244 e. The molecule has 3 nitrogen and oxygen atoms in total. The second-order valence-corrected chi connectivity index (χ2v) is 5.37. The van der Waals surface area contributed by atoms with Crippen molar-refractivity contribution in [2.45, 2.75) is 18.9 Å². The summed E-state index contributed by atoms with van der Waals surface area (Å²) in [5.74, 6) is -0.0916. The van der Waals surface area contributed by atoms with E-state index in [1.807, 2.05) is 24.3 Å². The highest BCUT2D eigenvalue weighted by atomic mass is 16.1. The topological polar surface area (TPSA) is 52.9 Å². The zero-order valence-corrected chi connectivity index (χ0v) is 12.1. The average molecular weight is 288 g/mol. The molecular formula is C19H16N2O. The number of nitriles is 1. The predicted molar refractivity (Wildman–Crippen MR) is 85.8 cm³/mol. The van der Waals surface area contributed by atoms with Gasteiger partial charge in [-0.3, -0.25) is 4.79 Å². The third-order valence-corrected chi connectivity index (χ3v) is 3.92. The highest BCUT2D eigenvalue weighted by Gasteiger charge is 2.22. The Kier molecular flexibility index (Phi) is 4.02. The van der Waals surface area contributed by atoms with Gasteiger partial charge in [0.2, 0.25) is 5.91 Å². The predicted octanol–water partition coefficient (Wildman–Crippen LogP) is 3.38. The minimum atomic E-state index is -0.0916. The number of aryl methyl sites for hydroxylation is 1. The van der Waals surface area contributed by atoms with Gasteiger partial charge in [0, 0.05) is 6.08 Å². The maximum Gasteiger partial charge on any atom is 0.244 e. The van der Waals surface area contributed by atoms with E-state index >= 15 is 0 Å². The quantitative estimate of drug-likeness (QED) is 0.880. The van der Waals surface area contributed by atoms with Crippen molar-refractivity contribution < 1.29 is 4.79 Å². The second kappa shape index (κ2) is 6.28. The summed E-state index contributed by atoms with van der Waals surface area (Å²) in [4.78, 5) is 12.1. The van der Waals surface area contributed by atoms with Crippen molar-refractivity contribution in [2.75, 3.05) is 0 Å². The lowest BCUT2D eigenvalue weighted by molar-refractivity contribution is -0.117. The summed E-state index contributed by atoms with van der Waals surface area (Å²) in [6.07, 6.45) is 5.27. The van der Waals surface area contributed by atoms with Crippen LogP contribution < -0.4 is 5.32 Å². The fourth-order valence-electron chi connectivity index (χ4n) is 2.77. The van der Waals surface area contributed by atoms with Crippen LogP contribution >= 0.6 is 0 Å². The van der Waals surface area contributed by atoms with E-state index in [4.69, 9.17) is 5.26 Å². The van der Waals surface area contributed by atoms with Crippen LogP contribution in [0.2, 0.25) is 0 Å². The Balaban J connectivity index is 1.63. The number of fused-ring (bicyclic) bond motifs is 1. The molecule has 0 aliphatic heterocycles. The molecule has 1 N–H and O–H groups in total. The second-order valence-electron chi connectivity index (χ2n) is 5.37. The lowest BCUT2D eigenvalue weighted by atomic mass is 10.1. The molecule has 1 amide bonds. The largest absolute Gasteiger partial charge is 0.346 e. The van der Waals surface area contributed by atoms with Gasteiger partial charge in [-0.1, -0.05) is 36.4 Å². The Bertz CT molecular complexity index is 754. The summed E-state index contributed by atoms with van der Waals surface area (Å²) in [5.41, 5.74) is 4.07. The first-order valence-corrected chi connectivity index (χ1v) is 7.33. The minimum Gasteiger partial charge on any atom is -0.346 e. The molecular weight excluding hydrogens is 272 g/mol. The van der Waals surface area contributed by atoms with E-state index < -0.39 is 0 Å². The van der Waals surface area contributed by atoms with Gasteiger partial charge in [0.05, 0.1) is 17.7 Å². The number of carbonyl (C=O) groups excluding carboxylic acids is 1. The summed E-state index contributed by atoms with van der Waals surface area (Å²) in [7, 11) is 0. The molecule has 0 fully saturated rings. The van der Waals surface area contributed by atoms with Gasteiger partial charge >= 0.3 is 0 Å². The monoisotopic (exact) mass is 288 g/mol. The molecule has 0 spiro atoms. The van der Waals surface area contributed by atoms with Crippen LogP contribution in [-0.2, 0) is 11.2 Å². The molecule has 108 valence electrons. The van der Waals surface area contributed by atoms with E-state index in [0.717, 1.165) is 18.4 Å². The van der Waals surface area contributed by atoms with E-state index in [1.165, 1.54) is 11.1 Å². The summed E-state index contributed by atoms with van der Waals surface area (Å²) >= 11 is 0. The summed E-state index contributed by atoms with van der Waals surface area (Å²) in [6, 6.07) is 17.6. The highest BCUT2D eigenvalue weighted by Crippen LogP contribution is 2.30. The van der Waals surface area contributed by atoms with E-state index in [9.17, 15) is 4.79 Å². The summed E-state index contributed by atoms with van der Waals surface area (Å²) in [6.45, 7) is 0. The van der Waals surface area contributed by atoms with Gasteiger partial charge in [0.1, 0.15) is 0 Å². The molecule has 0 bridgehead atoms. The minimum absolute atomic E-state index is 0.0916. The Morgan fingerprint density at radius 3 is 2.73 bits per heavy atom. The van der Waals surface area contributed by atoms with Crippen molar-refractivity contribution in [3.63, 3.8) is 0 Å². The molecule has 1 unspecified atom stereocenters. The number of benzene rings is 2. The van der Waals surface area contributed by atoms with E-state index in [0.29, 0.717) is 5.56 Å². The van der Waals surface area contributed by atoms with Crippen LogP contribution in [0.3, 0.4) is 0 Å². The molecule has 0 aromatic heterocycles. The van der Waals surface area contributed by atoms with E-state index in [1.54, 1.807) is 24.3 Å².